The Morgan fingerprint density at radius 2 is 2.11 bits per heavy atom. The average Bonchev–Trinajstić information content (AvgIpc) is 2.57. The molecule has 0 aliphatic carbocycles. The first-order chi connectivity index (χ1) is 8.41. The Balaban J connectivity index is 2.45. The van der Waals surface area contributed by atoms with E-state index < -0.39 is 6.10 Å². The minimum atomic E-state index is -0.412. The topological polar surface area (TPSA) is 87.4 Å². The van der Waals surface area contributed by atoms with Gasteiger partial charge in [0.2, 0.25) is 0 Å². The van der Waals surface area contributed by atoms with Gasteiger partial charge in [0.15, 0.2) is 0 Å². The Bertz CT molecular complexity index is 382. The van der Waals surface area contributed by atoms with Crippen molar-refractivity contribution in [3.63, 3.8) is 0 Å². The Morgan fingerprint density at radius 1 is 1.44 bits per heavy atom. The number of rotatable bonds is 5. The molecule has 102 valence electrons. The van der Waals surface area contributed by atoms with E-state index in [0.29, 0.717) is 18.7 Å². The highest BCUT2D eigenvalue weighted by Crippen LogP contribution is 2.20. The third-order valence-corrected chi connectivity index (χ3v) is 2.72. The molecular weight excluding hydrogens is 234 g/mol. The number of urea groups is 1. The molecule has 2 unspecified atom stereocenters. The molecule has 0 saturated carbocycles. The average molecular weight is 255 g/mol. The highest BCUT2D eigenvalue weighted by Gasteiger charge is 2.17. The molecule has 2 amide bonds. The molecule has 3 N–H and O–H groups in total. The molecule has 6 heteroatoms. The molecule has 0 bridgehead atoms. The van der Waals surface area contributed by atoms with Crippen molar-refractivity contribution >= 4 is 6.03 Å². The Kier molecular flexibility index (Phi) is 5.15. The van der Waals surface area contributed by atoms with Crippen LogP contribution in [0.3, 0.4) is 0 Å². The van der Waals surface area contributed by atoms with Gasteiger partial charge in [-0.3, -0.25) is 0 Å². The van der Waals surface area contributed by atoms with Gasteiger partial charge >= 0.3 is 6.03 Å². The third kappa shape index (κ3) is 4.03. The molecule has 0 saturated heterocycles. The van der Waals surface area contributed by atoms with Gasteiger partial charge in [-0.1, -0.05) is 5.16 Å². The van der Waals surface area contributed by atoms with Gasteiger partial charge in [0.05, 0.1) is 17.8 Å². The van der Waals surface area contributed by atoms with Crippen molar-refractivity contribution in [3.05, 3.63) is 17.0 Å². The summed E-state index contributed by atoms with van der Waals surface area (Å²) in [7, 11) is 0. The predicted molar refractivity (Wildman–Crippen MR) is 67.2 cm³/mol. The molecule has 1 heterocycles. The summed E-state index contributed by atoms with van der Waals surface area (Å²) in [6.07, 6.45) is 0.123. The number of aliphatic hydroxyl groups is 1. The number of hydrogen-bond donors (Lipinski definition) is 3. The molecule has 1 aromatic heterocycles. The SMILES string of the molecule is Cc1noc(C)c1C(C)NC(=O)NCCC(C)O. The predicted octanol–water partition coefficient (Wildman–Crippen LogP) is 1.42. The van der Waals surface area contributed by atoms with E-state index in [1.54, 1.807) is 6.92 Å². The van der Waals surface area contributed by atoms with Gasteiger partial charge < -0.3 is 20.3 Å². The zero-order valence-electron chi connectivity index (χ0n) is 11.3. The van der Waals surface area contributed by atoms with Crippen LogP contribution >= 0.6 is 0 Å². The second-order valence-electron chi connectivity index (χ2n) is 4.50. The van der Waals surface area contributed by atoms with Gasteiger partial charge in [0, 0.05) is 12.1 Å². The summed E-state index contributed by atoms with van der Waals surface area (Å²) in [5.74, 6) is 0.712. The largest absolute Gasteiger partial charge is 0.393 e. The number of carbonyl (C=O) groups is 1. The lowest BCUT2D eigenvalue weighted by Crippen LogP contribution is -2.38. The van der Waals surface area contributed by atoms with Crippen molar-refractivity contribution in [2.75, 3.05) is 6.54 Å². The van der Waals surface area contributed by atoms with Crippen LogP contribution in [0.4, 0.5) is 4.79 Å². The molecule has 18 heavy (non-hydrogen) atoms. The number of carbonyl (C=O) groups excluding carboxylic acids is 1. The van der Waals surface area contributed by atoms with Crippen LogP contribution in [0.1, 0.15) is 43.3 Å². The summed E-state index contributed by atoms with van der Waals surface area (Å²) in [5, 5.41) is 18.4. The van der Waals surface area contributed by atoms with Crippen molar-refractivity contribution in [1.29, 1.82) is 0 Å². The van der Waals surface area contributed by atoms with Crippen LogP contribution in [0, 0.1) is 13.8 Å². The number of aromatic nitrogens is 1. The van der Waals surface area contributed by atoms with Crippen LogP contribution in [0.5, 0.6) is 0 Å². The first kappa shape index (κ1) is 14.5. The summed E-state index contributed by atoms with van der Waals surface area (Å²) in [6, 6.07) is -0.425. The zero-order chi connectivity index (χ0) is 13.7. The van der Waals surface area contributed by atoms with E-state index in [9.17, 15) is 4.79 Å². The van der Waals surface area contributed by atoms with Gasteiger partial charge in [-0.05, 0) is 34.1 Å². The highest BCUT2D eigenvalue weighted by molar-refractivity contribution is 5.74. The van der Waals surface area contributed by atoms with Crippen molar-refractivity contribution in [2.45, 2.75) is 46.3 Å². The van der Waals surface area contributed by atoms with E-state index in [2.05, 4.69) is 15.8 Å². The Labute approximate surface area is 107 Å². The first-order valence-corrected chi connectivity index (χ1v) is 6.07. The number of nitrogens with one attached hydrogen (secondary N) is 2. The second-order valence-corrected chi connectivity index (χ2v) is 4.50. The van der Waals surface area contributed by atoms with Gasteiger partial charge in [-0.15, -0.1) is 0 Å². The molecule has 1 aromatic rings. The third-order valence-electron chi connectivity index (χ3n) is 2.72. The second kappa shape index (κ2) is 6.39. The monoisotopic (exact) mass is 255 g/mol. The van der Waals surface area contributed by atoms with Gasteiger partial charge in [-0.2, -0.15) is 0 Å². The standard InChI is InChI=1S/C12H21N3O3/c1-7(16)5-6-13-12(17)14-8(2)11-9(3)15-18-10(11)4/h7-8,16H,5-6H2,1-4H3,(H2,13,14,17). The van der Waals surface area contributed by atoms with E-state index in [1.807, 2.05) is 20.8 Å². The van der Waals surface area contributed by atoms with Crippen molar-refractivity contribution in [1.82, 2.24) is 15.8 Å². The normalized spacial score (nSPS) is 14.1. The molecule has 0 aliphatic heterocycles. The van der Waals surface area contributed by atoms with Gasteiger partial charge in [0.25, 0.3) is 0 Å². The fourth-order valence-corrected chi connectivity index (χ4v) is 1.82. The van der Waals surface area contributed by atoms with Crippen molar-refractivity contribution in [2.24, 2.45) is 0 Å². The smallest absolute Gasteiger partial charge is 0.315 e. The lowest BCUT2D eigenvalue weighted by Gasteiger charge is -2.14. The lowest BCUT2D eigenvalue weighted by atomic mass is 10.1. The molecule has 0 spiro atoms. The van der Waals surface area contributed by atoms with E-state index in [1.165, 1.54) is 0 Å². The van der Waals surface area contributed by atoms with Gasteiger partial charge in [-0.25, -0.2) is 4.79 Å². The van der Waals surface area contributed by atoms with Gasteiger partial charge in [0.1, 0.15) is 5.76 Å². The van der Waals surface area contributed by atoms with E-state index in [-0.39, 0.29) is 12.1 Å². The van der Waals surface area contributed by atoms with Crippen LogP contribution in [-0.4, -0.2) is 28.9 Å². The molecule has 0 aliphatic rings. The number of nitrogens with zero attached hydrogens (tertiary/aromatic N) is 1. The number of amides is 2. The van der Waals surface area contributed by atoms with Crippen LogP contribution in [0.25, 0.3) is 0 Å². The Morgan fingerprint density at radius 3 is 2.61 bits per heavy atom. The van der Waals surface area contributed by atoms with Crippen LogP contribution in [-0.2, 0) is 0 Å². The number of aryl methyl sites for hydroxylation is 2. The highest BCUT2D eigenvalue weighted by atomic mass is 16.5. The number of hydrogen-bond acceptors (Lipinski definition) is 4. The maximum Gasteiger partial charge on any atom is 0.315 e. The van der Waals surface area contributed by atoms with Crippen molar-refractivity contribution < 1.29 is 14.4 Å². The zero-order valence-corrected chi connectivity index (χ0v) is 11.3. The Hall–Kier alpha value is -1.56. The maximum atomic E-state index is 11.6. The molecule has 1 rings (SSSR count). The van der Waals surface area contributed by atoms with Crippen molar-refractivity contribution in [3.8, 4) is 0 Å². The molecule has 2 atom stereocenters. The molecule has 0 radical (unpaired) electrons. The molecular formula is C12H21N3O3. The maximum absolute atomic E-state index is 11.6. The summed E-state index contributed by atoms with van der Waals surface area (Å²) in [6.45, 7) is 7.67. The molecule has 0 aromatic carbocycles. The van der Waals surface area contributed by atoms with Crippen LogP contribution in [0.15, 0.2) is 4.52 Å². The summed E-state index contributed by atoms with van der Waals surface area (Å²) in [5.41, 5.74) is 1.69. The lowest BCUT2D eigenvalue weighted by molar-refractivity contribution is 0.183. The summed E-state index contributed by atoms with van der Waals surface area (Å²) in [4.78, 5) is 11.6. The van der Waals surface area contributed by atoms with E-state index >= 15 is 0 Å². The minimum Gasteiger partial charge on any atom is -0.393 e. The molecule has 0 fully saturated rings. The fourth-order valence-electron chi connectivity index (χ4n) is 1.82. The minimum absolute atomic E-state index is 0.164. The first-order valence-electron chi connectivity index (χ1n) is 6.07. The summed E-state index contributed by atoms with van der Waals surface area (Å²) >= 11 is 0. The fraction of sp³-hybridized carbons (Fsp3) is 0.667. The van der Waals surface area contributed by atoms with Crippen LogP contribution in [0.2, 0.25) is 0 Å². The van der Waals surface area contributed by atoms with E-state index in [4.69, 9.17) is 9.63 Å². The van der Waals surface area contributed by atoms with Crippen LogP contribution < -0.4 is 10.6 Å². The summed E-state index contributed by atoms with van der Waals surface area (Å²) < 4.78 is 5.06. The number of aliphatic hydroxyl groups excluding tert-OH is 1. The quantitative estimate of drug-likeness (QED) is 0.742. The molecule has 6 nitrogen and oxygen atoms in total. The van der Waals surface area contributed by atoms with E-state index in [0.717, 1.165) is 11.3 Å².